The third-order valence-electron chi connectivity index (χ3n) is 3.27. The van der Waals surface area contributed by atoms with Gasteiger partial charge >= 0.3 is 0 Å². The number of aliphatic hydroxyl groups excluding tert-OH is 1. The summed E-state index contributed by atoms with van der Waals surface area (Å²) in [7, 11) is 0. The number of Topliss-reactive ketones (excluding diaryl/α,β-unsaturated/α-hetero) is 1. The molecule has 0 aliphatic carbocycles. The van der Waals surface area contributed by atoms with Crippen molar-refractivity contribution in [2.24, 2.45) is 0 Å². The SMILES string of the molecule is CC(=O)c1ccc(N2CC(O)CNC(C)C2)cc1. The summed E-state index contributed by atoms with van der Waals surface area (Å²) in [5.41, 5.74) is 1.77. The highest BCUT2D eigenvalue weighted by atomic mass is 16.3. The van der Waals surface area contributed by atoms with Crippen molar-refractivity contribution in [1.29, 1.82) is 0 Å². The average molecular weight is 248 g/mol. The van der Waals surface area contributed by atoms with Crippen LogP contribution in [0.1, 0.15) is 24.2 Å². The molecule has 0 amide bonds. The van der Waals surface area contributed by atoms with Gasteiger partial charge in [-0.15, -0.1) is 0 Å². The predicted molar refractivity (Wildman–Crippen MR) is 72.1 cm³/mol. The number of carbonyl (C=O) groups excluding carboxylic acids is 1. The Kier molecular flexibility index (Phi) is 3.99. The summed E-state index contributed by atoms with van der Waals surface area (Å²) in [4.78, 5) is 13.4. The number of nitrogens with one attached hydrogen (secondary N) is 1. The van der Waals surface area contributed by atoms with E-state index in [2.05, 4.69) is 17.1 Å². The van der Waals surface area contributed by atoms with Gasteiger partial charge in [-0.2, -0.15) is 0 Å². The van der Waals surface area contributed by atoms with Crippen LogP contribution < -0.4 is 10.2 Å². The molecule has 1 aromatic carbocycles. The van der Waals surface area contributed by atoms with Crippen LogP contribution in [0.25, 0.3) is 0 Å². The molecular formula is C14H20N2O2. The van der Waals surface area contributed by atoms with E-state index in [9.17, 15) is 9.90 Å². The highest BCUT2D eigenvalue weighted by Crippen LogP contribution is 2.17. The van der Waals surface area contributed by atoms with Gasteiger partial charge in [-0.25, -0.2) is 0 Å². The lowest BCUT2D eigenvalue weighted by molar-refractivity contribution is 0.101. The van der Waals surface area contributed by atoms with E-state index >= 15 is 0 Å². The van der Waals surface area contributed by atoms with Crippen molar-refractivity contribution in [3.8, 4) is 0 Å². The number of rotatable bonds is 2. The second-order valence-corrected chi connectivity index (χ2v) is 4.97. The molecule has 1 aromatic rings. The van der Waals surface area contributed by atoms with Crippen LogP contribution in [-0.4, -0.2) is 42.7 Å². The second kappa shape index (κ2) is 5.50. The van der Waals surface area contributed by atoms with E-state index in [1.54, 1.807) is 6.92 Å². The van der Waals surface area contributed by atoms with Gasteiger partial charge < -0.3 is 15.3 Å². The molecule has 2 unspecified atom stereocenters. The second-order valence-electron chi connectivity index (χ2n) is 4.97. The maximum Gasteiger partial charge on any atom is 0.159 e. The fourth-order valence-electron chi connectivity index (χ4n) is 2.24. The lowest BCUT2D eigenvalue weighted by atomic mass is 10.1. The molecule has 0 spiro atoms. The van der Waals surface area contributed by atoms with Crippen molar-refractivity contribution < 1.29 is 9.90 Å². The van der Waals surface area contributed by atoms with Gasteiger partial charge in [0.25, 0.3) is 0 Å². The molecule has 4 heteroatoms. The Morgan fingerprint density at radius 2 is 2.00 bits per heavy atom. The van der Waals surface area contributed by atoms with E-state index in [1.165, 1.54) is 0 Å². The van der Waals surface area contributed by atoms with Crippen molar-refractivity contribution in [1.82, 2.24) is 5.32 Å². The molecule has 1 heterocycles. The molecule has 2 atom stereocenters. The summed E-state index contributed by atoms with van der Waals surface area (Å²) in [6.07, 6.45) is -0.359. The summed E-state index contributed by atoms with van der Waals surface area (Å²) in [5.74, 6) is 0.0764. The first kappa shape index (κ1) is 13.1. The summed E-state index contributed by atoms with van der Waals surface area (Å²) in [5, 5.41) is 13.1. The summed E-state index contributed by atoms with van der Waals surface area (Å²) >= 11 is 0. The van der Waals surface area contributed by atoms with Gasteiger partial charge in [0.05, 0.1) is 6.10 Å². The van der Waals surface area contributed by atoms with E-state index < -0.39 is 0 Å². The molecule has 1 aliphatic rings. The summed E-state index contributed by atoms with van der Waals surface area (Å²) in [6.45, 7) is 5.78. The molecule has 18 heavy (non-hydrogen) atoms. The average Bonchev–Trinajstić information content (AvgIpc) is 2.51. The largest absolute Gasteiger partial charge is 0.390 e. The predicted octanol–water partition coefficient (Wildman–Crippen LogP) is 1.05. The smallest absolute Gasteiger partial charge is 0.159 e. The standard InChI is InChI=1S/C14H20N2O2/c1-10-8-16(9-14(18)7-15-10)13-5-3-12(4-6-13)11(2)17/h3-6,10,14-15,18H,7-9H2,1-2H3. The maximum atomic E-state index is 11.2. The normalized spacial score (nSPS) is 24.7. The third-order valence-corrected chi connectivity index (χ3v) is 3.27. The summed E-state index contributed by atoms with van der Waals surface area (Å²) in [6, 6.07) is 7.91. The van der Waals surface area contributed by atoms with Gasteiger partial charge in [-0.1, -0.05) is 0 Å². The Balaban J connectivity index is 2.16. The van der Waals surface area contributed by atoms with Crippen molar-refractivity contribution in [2.45, 2.75) is 26.0 Å². The minimum Gasteiger partial charge on any atom is -0.390 e. The minimum atomic E-state index is -0.359. The lowest BCUT2D eigenvalue weighted by Crippen LogP contribution is -2.35. The van der Waals surface area contributed by atoms with Crippen LogP contribution in [0.5, 0.6) is 0 Å². The van der Waals surface area contributed by atoms with Crippen LogP contribution in [0.4, 0.5) is 5.69 Å². The van der Waals surface area contributed by atoms with Gasteiger partial charge in [0, 0.05) is 36.9 Å². The molecule has 0 saturated carbocycles. The van der Waals surface area contributed by atoms with E-state index in [0.717, 1.165) is 17.8 Å². The van der Waals surface area contributed by atoms with Gasteiger partial charge in [-0.3, -0.25) is 4.79 Å². The fourth-order valence-corrected chi connectivity index (χ4v) is 2.24. The molecule has 2 N–H and O–H groups in total. The molecular weight excluding hydrogens is 228 g/mol. The molecule has 0 aromatic heterocycles. The zero-order valence-electron chi connectivity index (χ0n) is 10.9. The Bertz CT molecular complexity index is 404. The van der Waals surface area contributed by atoms with E-state index in [4.69, 9.17) is 0 Å². The Hall–Kier alpha value is -1.39. The fraction of sp³-hybridized carbons (Fsp3) is 0.500. The number of aliphatic hydroxyl groups is 1. The Morgan fingerprint density at radius 1 is 1.33 bits per heavy atom. The van der Waals surface area contributed by atoms with Gasteiger partial charge in [-0.05, 0) is 38.1 Å². The first-order valence-electron chi connectivity index (χ1n) is 6.33. The van der Waals surface area contributed by atoms with Crippen molar-refractivity contribution in [3.05, 3.63) is 29.8 Å². The number of anilines is 1. The Labute approximate surface area is 108 Å². The van der Waals surface area contributed by atoms with Crippen molar-refractivity contribution in [2.75, 3.05) is 24.5 Å². The van der Waals surface area contributed by atoms with Crippen LogP contribution in [-0.2, 0) is 0 Å². The summed E-state index contributed by atoms with van der Waals surface area (Å²) < 4.78 is 0. The molecule has 2 rings (SSSR count). The molecule has 98 valence electrons. The highest BCUT2D eigenvalue weighted by Gasteiger charge is 2.19. The highest BCUT2D eigenvalue weighted by molar-refractivity contribution is 5.94. The van der Waals surface area contributed by atoms with E-state index in [0.29, 0.717) is 19.1 Å². The van der Waals surface area contributed by atoms with Crippen LogP contribution in [0.15, 0.2) is 24.3 Å². The van der Waals surface area contributed by atoms with E-state index in [1.807, 2.05) is 24.3 Å². The zero-order chi connectivity index (χ0) is 13.1. The van der Waals surface area contributed by atoms with Gasteiger partial charge in [0.15, 0.2) is 5.78 Å². The number of hydrogen-bond acceptors (Lipinski definition) is 4. The quantitative estimate of drug-likeness (QED) is 0.768. The topological polar surface area (TPSA) is 52.6 Å². The van der Waals surface area contributed by atoms with Crippen LogP contribution >= 0.6 is 0 Å². The number of hydrogen-bond donors (Lipinski definition) is 2. The Morgan fingerprint density at radius 3 is 2.61 bits per heavy atom. The molecule has 1 saturated heterocycles. The molecule has 0 radical (unpaired) electrons. The van der Waals surface area contributed by atoms with Gasteiger partial charge in [0.2, 0.25) is 0 Å². The number of ketones is 1. The molecule has 1 aliphatic heterocycles. The number of nitrogens with zero attached hydrogens (tertiary/aromatic N) is 1. The monoisotopic (exact) mass is 248 g/mol. The molecule has 1 fully saturated rings. The first-order valence-corrected chi connectivity index (χ1v) is 6.33. The van der Waals surface area contributed by atoms with Crippen LogP contribution in [0, 0.1) is 0 Å². The van der Waals surface area contributed by atoms with Crippen LogP contribution in [0.3, 0.4) is 0 Å². The molecule has 4 nitrogen and oxygen atoms in total. The zero-order valence-corrected chi connectivity index (χ0v) is 10.9. The number of carbonyl (C=O) groups is 1. The molecule has 0 bridgehead atoms. The van der Waals surface area contributed by atoms with Gasteiger partial charge in [0.1, 0.15) is 0 Å². The van der Waals surface area contributed by atoms with E-state index in [-0.39, 0.29) is 11.9 Å². The minimum absolute atomic E-state index is 0.0764. The number of benzene rings is 1. The van der Waals surface area contributed by atoms with Crippen molar-refractivity contribution >= 4 is 11.5 Å². The number of β-amino-alcohol motifs (C(OH)–C–C–N with tert-alkyl or cyclic N) is 1. The van der Waals surface area contributed by atoms with Crippen LogP contribution in [0.2, 0.25) is 0 Å². The first-order chi connectivity index (χ1) is 8.56. The maximum absolute atomic E-state index is 11.2. The lowest BCUT2D eigenvalue weighted by Gasteiger charge is -2.25. The third kappa shape index (κ3) is 3.09. The van der Waals surface area contributed by atoms with Crippen molar-refractivity contribution in [3.63, 3.8) is 0 Å².